The maximum atomic E-state index is 12.0. The molecule has 0 aromatic heterocycles. The molecule has 1 amide bonds. The van der Waals surface area contributed by atoms with Gasteiger partial charge in [0, 0.05) is 32.2 Å². The quantitative estimate of drug-likeness (QED) is 0.757. The van der Waals surface area contributed by atoms with Gasteiger partial charge in [0.25, 0.3) is 0 Å². The largest absolute Gasteiger partial charge is 0.396 e. The molecule has 2 saturated heterocycles. The molecule has 5 nitrogen and oxygen atoms in total. The van der Waals surface area contributed by atoms with Crippen LogP contribution in [0.3, 0.4) is 0 Å². The lowest BCUT2D eigenvalue weighted by Gasteiger charge is -2.32. The fourth-order valence-electron chi connectivity index (χ4n) is 3.43. The normalized spacial score (nSPS) is 25.9. The summed E-state index contributed by atoms with van der Waals surface area (Å²) in [5.74, 6) is 0.677. The van der Waals surface area contributed by atoms with Crippen molar-refractivity contribution in [3.63, 3.8) is 0 Å². The van der Waals surface area contributed by atoms with Crippen LogP contribution in [0.15, 0.2) is 0 Å². The maximum Gasteiger partial charge on any atom is 0.221 e. The SMILES string of the molecule is CN1CCCC[C@@H]1CC(=O)NCCN1CCC(CO)CC1. The van der Waals surface area contributed by atoms with Crippen LogP contribution in [0.2, 0.25) is 0 Å². The predicted octanol–water partition coefficient (Wildman–Crippen LogP) is 0.681. The molecule has 0 unspecified atom stereocenters. The van der Waals surface area contributed by atoms with E-state index in [-0.39, 0.29) is 5.91 Å². The van der Waals surface area contributed by atoms with Crippen molar-refractivity contribution in [1.29, 1.82) is 0 Å². The Bertz CT molecular complexity index is 317. The van der Waals surface area contributed by atoms with Gasteiger partial charge < -0.3 is 20.2 Å². The van der Waals surface area contributed by atoms with Crippen LogP contribution in [0.4, 0.5) is 0 Å². The molecule has 1 atom stereocenters. The number of nitrogens with one attached hydrogen (secondary N) is 1. The predicted molar refractivity (Wildman–Crippen MR) is 84.1 cm³/mol. The van der Waals surface area contributed by atoms with Crippen LogP contribution in [-0.4, -0.2) is 73.2 Å². The topological polar surface area (TPSA) is 55.8 Å². The number of aliphatic hydroxyl groups is 1. The van der Waals surface area contributed by atoms with E-state index in [9.17, 15) is 4.79 Å². The van der Waals surface area contributed by atoms with Crippen molar-refractivity contribution in [2.24, 2.45) is 5.92 Å². The lowest BCUT2D eigenvalue weighted by molar-refractivity contribution is -0.122. The highest BCUT2D eigenvalue weighted by Crippen LogP contribution is 2.18. The molecule has 2 heterocycles. The zero-order valence-corrected chi connectivity index (χ0v) is 13.4. The van der Waals surface area contributed by atoms with E-state index in [2.05, 4.69) is 22.2 Å². The van der Waals surface area contributed by atoms with Crippen LogP contribution >= 0.6 is 0 Å². The zero-order valence-electron chi connectivity index (χ0n) is 13.4. The van der Waals surface area contributed by atoms with Gasteiger partial charge in [-0.05, 0) is 58.3 Å². The monoisotopic (exact) mass is 297 g/mol. The Morgan fingerprint density at radius 2 is 1.95 bits per heavy atom. The molecule has 0 aromatic carbocycles. The van der Waals surface area contributed by atoms with Gasteiger partial charge in [0.05, 0.1) is 0 Å². The van der Waals surface area contributed by atoms with Crippen LogP contribution < -0.4 is 5.32 Å². The van der Waals surface area contributed by atoms with Gasteiger partial charge >= 0.3 is 0 Å². The Kier molecular flexibility index (Phi) is 6.93. The summed E-state index contributed by atoms with van der Waals surface area (Å²) in [5, 5.41) is 12.2. The number of carbonyl (C=O) groups is 1. The van der Waals surface area contributed by atoms with Gasteiger partial charge in [0.2, 0.25) is 5.91 Å². The van der Waals surface area contributed by atoms with E-state index >= 15 is 0 Å². The molecule has 122 valence electrons. The number of carbonyl (C=O) groups excluding carboxylic acids is 1. The molecule has 0 aromatic rings. The fourth-order valence-corrected chi connectivity index (χ4v) is 3.43. The first kappa shape index (κ1) is 16.7. The third-order valence-electron chi connectivity index (χ3n) is 5.06. The first-order chi connectivity index (χ1) is 10.2. The van der Waals surface area contributed by atoms with E-state index in [0.717, 1.165) is 52.0 Å². The third-order valence-corrected chi connectivity index (χ3v) is 5.06. The van der Waals surface area contributed by atoms with E-state index < -0.39 is 0 Å². The van der Waals surface area contributed by atoms with Gasteiger partial charge in [0.15, 0.2) is 0 Å². The summed E-state index contributed by atoms with van der Waals surface area (Å²) >= 11 is 0. The van der Waals surface area contributed by atoms with Crippen LogP contribution in [0.5, 0.6) is 0 Å². The molecule has 0 bridgehead atoms. The highest BCUT2D eigenvalue weighted by molar-refractivity contribution is 5.76. The summed E-state index contributed by atoms with van der Waals surface area (Å²) in [6.45, 7) is 5.22. The number of piperidine rings is 2. The first-order valence-electron chi connectivity index (χ1n) is 8.49. The molecule has 0 saturated carbocycles. The number of amides is 1. The number of nitrogens with zero attached hydrogens (tertiary/aromatic N) is 2. The Balaban J connectivity index is 1.57. The Morgan fingerprint density at radius 3 is 2.62 bits per heavy atom. The highest BCUT2D eigenvalue weighted by Gasteiger charge is 2.22. The van der Waals surface area contributed by atoms with Gasteiger partial charge in [-0.1, -0.05) is 6.42 Å². The van der Waals surface area contributed by atoms with Crippen molar-refractivity contribution in [1.82, 2.24) is 15.1 Å². The van der Waals surface area contributed by atoms with E-state index in [0.29, 0.717) is 25.0 Å². The molecular weight excluding hydrogens is 266 g/mol. The lowest BCUT2D eigenvalue weighted by atomic mass is 9.98. The number of likely N-dealkylation sites (tertiary alicyclic amines) is 2. The molecule has 2 fully saturated rings. The first-order valence-corrected chi connectivity index (χ1v) is 8.49. The van der Waals surface area contributed by atoms with Gasteiger partial charge in [-0.3, -0.25) is 4.79 Å². The molecule has 2 aliphatic rings. The van der Waals surface area contributed by atoms with Crippen molar-refractivity contribution >= 4 is 5.91 Å². The van der Waals surface area contributed by atoms with Crippen LogP contribution in [0, 0.1) is 5.92 Å². The van der Waals surface area contributed by atoms with Crippen molar-refractivity contribution < 1.29 is 9.90 Å². The third kappa shape index (κ3) is 5.57. The second-order valence-electron chi connectivity index (χ2n) is 6.65. The average Bonchev–Trinajstić information content (AvgIpc) is 2.50. The number of hydrogen-bond donors (Lipinski definition) is 2. The minimum Gasteiger partial charge on any atom is -0.396 e. The lowest BCUT2D eigenvalue weighted by Crippen LogP contribution is -2.43. The van der Waals surface area contributed by atoms with Crippen LogP contribution in [0.25, 0.3) is 0 Å². The summed E-state index contributed by atoms with van der Waals surface area (Å²) in [4.78, 5) is 16.7. The van der Waals surface area contributed by atoms with E-state index in [4.69, 9.17) is 5.11 Å². The van der Waals surface area contributed by atoms with Crippen molar-refractivity contribution in [3.8, 4) is 0 Å². The molecule has 0 radical (unpaired) electrons. The molecule has 2 rings (SSSR count). The van der Waals surface area contributed by atoms with Gasteiger partial charge in [-0.15, -0.1) is 0 Å². The molecule has 21 heavy (non-hydrogen) atoms. The van der Waals surface area contributed by atoms with Crippen molar-refractivity contribution in [2.45, 2.75) is 44.6 Å². The standard InChI is InChI=1S/C16H31N3O2/c1-18-8-3-2-4-15(18)12-16(21)17-7-11-19-9-5-14(13-20)6-10-19/h14-15,20H,2-13H2,1H3,(H,17,21)/t15-/m1/s1. The van der Waals surface area contributed by atoms with Gasteiger partial charge in [-0.25, -0.2) is 0 Å². The minimum atomic E-state index is 0.194. The molecule has 5 heteroatoms. The second-order valence-corrected chi connectivity index (χ2v) is 6.65. The van der Waals surface area contributed by atoms with E-state index in [1.165, 1.54) is 12.8 Å². The zero-order chi connectivity index (χ0) is 15.1. The number of aliphatic hydroxyl groups excluding tert-OH is 1. The number of rotatable bonds is 6. The summed E-state index contributed by atoms with van der Waals surface area (Å²) in [6.07, 6.45) is 6.47. The smallest absolute Gasteiger partial charge is 0.221 e. The Labute approximate surface area is 128 Å². The van der Waals surface area contributed by atoms with Crippen LogP contribution in [-0.2, 0) is 4.79 Å². The minimum absolute atomic E-state index is 0.194. The highest BCUT2D eigenvalue weighted by atomic mass is 16.3. The Hall–Kier alpha value is -0.650. The molecule has 2 aliphatic heterocycles. The number of hydrogen-bond acceptors (Lipinski definition) is 4. The fraction of sp³-hybridized carbons (Fsp3) is 0.938. The maximum absolute atomic E-state index is 12.0. The van der Waals surface area contributed by atoms with Gasteiger partial charge in [0.1, 0.15) is 0 Å². The molecule has 0 aliphatic carbocycles. The van der Waals surface area contributed by atoms with Gasteiger partial charge in [-0.2, -0.15) is 0 Å². The average molecular weight is 297 g/mol. The Morgan fingerprint density at radius 1 is 1.19 bits per heavy atom. The van der Waals surface area contributed by atoms with Crippen molar-refractivity contribution in [3.05, 3.63) is 0 Å². The van der Waals surface area contributed by atoms with Crippen molar-refractivity contribution in [2.75, 3.05) is 46.4 Å². The van der Waals surface area contributed by atoms with Crippen LogP contribution in [0.1, 0.15) is 38.5 Å². The van der Waals surface area contributed by atoms with E-state index in [1.807, 2.05) is 0 Å². The molecule has 0 spiro atoms. The van der Waals surface area contributed by atoms with E-state index in [1.54, 1.807) is 0 Å². The molecule has 2 N–H and O–H groups in total. The molecular formula is C16H31N3O2. The summed E-state index contributed by atoms with van der Waals surface area (Å²) < 4.78 is 0. The summed E-state index contributed by atoms with van der Waals surface area (Å²) in [6, 6.07) is 0.430. The summed E-state index contributed by atoms with van der Waals surface area (Å²) in [7, 11) is 2.13. The summed E-state index contributed by atoms with van der Waals surface area (Å²) in [5.41, 5.74) is 0. The second kappa shape index (κ2) is 8.71.